The first kappa shape index (κ1) is 8.85. The van der Waals surface area contributed by atoms with Gasteiger partial charge in [0.15, 0.2) is 0 Å². The lowest BCUT2D eigenvalue weighted by Gasteiger charge is -2.22. The molecule has 1 saturated heterocycles. The van der Waals surface area contributed by atoms with Crippen molar-refractivity contribution in [2.24, 2.45) is 0 Å². The van der Waals surface area contributed by atoms with E-state index >= 15 is 0 Å². The van der Waals surface area contributed by atoms with E-state index in [0.29, 0.717) is 6.04 Å². The third-order valence-corrected chi connectivity index (χ3v) is 2.90. The van der Waals surface area contributed by atoms with E-state index in [4.69, 9.17) is 4.74 Å². The van der Waals surface area contributed by atoms with Crippen molar-refractivity contribution in [3.05, 3.63) is 24.5 Å². The second-order valence-corrected chi connectivity index (χ2v) is 3.84. The van der Waals surface area contributed by atoms with Crippen LogP contribution in [0.5, 0.6) is 0 Å². The minimum absolute atomic E-state index is 0.473. The van der Waals surface area contributed by atoms with E-state index in [9.17, 15) is 0 Å². The van der Waals surface area contributed by atoms with Crippen LogP contribution in [0.1, 0.15) is 18.9 Å². The Labute approximate surface area is 87.9 Å². The molecule has 3 rings (SSSR count). The fourth-order valence-corrected chi connectivity index (χ4v) is 2.10. The molecule has 78 valence electrons. The monoisotopic (exact) mass is 203 g/mol. The van der Waals surface area contributed by atoms with E-state index in [1.165, 1.54) is 0 Å². The Bertz CT molecular complexity index is 460. The summed E-state index contributed by atoms with van der Waals surface area (Å²) >= 11 is 0. The molecule has 0 atom stereocenters. The van der Waals surface area contributed by atoms with E-state index < -0.39 is 0 Å². The molecule has 15 heavy (non-hydrogen) atoms. The molecule has 0 unspecified atom stereocenters. The molecular formula is C11H13N3O. The summed E-state index contributed by atoms with van der Waals surface area (Å²) in [6.45, 7) is 1.68. The van der Waals surface area contributed by atoms with E-state index in [-0.39, 0.29) is 0 Å². The molecule has 0 amide bonds. The molecule has 1 aliphatic heterocycles. The summed E-state index contributed by atoms with van der Waals surface area (Å²) in [5, 5.41) is 4.42. The second-order valence-electron chi connectivity index (χ2n) is 3.84. The van der Waals surface area contributed by atoms with Gasteiger partial charge in [0, 0.05) is 19.4 Å². The summed E-state index contributed by atoms with van der Waals surface area (Å²) in [7, 11) is 0. The molecule has 0 aliphatic carbocycles. The van der Waals surface area contributed by atoms with Gasteiger partial charge in [0.25, 0.3) is 0 Å². The van der Waals surface area contributed by atoms with Crippen LogP contribution < -0.4 is 0 Å². The second kappa shape index (κ2) is 3.62. The molecule has 4 heteroatoms. The molecule has 0 aromatic carbocycles. The van der Waals surface area contributed by atoms with Gasteiger partial charge in [-0.25, -0.2) is 0 Å². The number of aromatic nitrogens is 3. The average Bonchev–Trinajstić information content (AvgIpc) is 2.74. The third kappa shape index (κ3) is 1.51. The fraction of sp³-hybridized carbons (Fsp3) is 0.455. The van der Waals surface area contributed by atoms with Crippen LogP contribution in [0.2, 0.25) is 0 Å². The number of hydrogen-bond donors (Lipinski definition) is 0. The average molecular weight is 203 g/mol. The number of hydrogen-bond acceptors (Lipinski definition) is 3. The first-order valence-corrected chi connectivity index (χ1v) is 5.31. The highest BCUT2D eigenvalue weighted by molar-refractivity contribution is 5.73. The van der Waals surface area contributed by atoms with Crippen molar-refractivity contribution >= 4 is 11.0 Å². The van der Waals surface area contributed by atoms with Crippen molar-refractivity contribution in [1.29, 1.82) is 0 Å². The van der Waals surface area contributed by atoms with Gasteiger partial charge in [0.2, 0.25) is 0 Å². The Morgan fingerprint density at radius 1 is 1.33 bits per heavy atom. The molecule has 2 aromatic rings. The van der Waals surface area contributed by atoms with Gasteiger partial charge >= 0.3 is 0 Å². The van der Waals surface area contributed by atoms with Gasteiger partial charge in [-0.2, -0.15) is 5.10 Å². The normalized spacial score (nSPS) is 18.4. The molecule has 4 nitrogen and oxygen atoms in total. The highest BCUT2D eigenvalue weighted by Gasteiger charge is 2.18. The highest BCUT2D eigenvalue weighted by Crippen LogP contribution is 2.23. The maximum atomic E-state index is 5.35. The zero-order valence-electron chi connectivity index (χ0n) is 8.47. The largest absolute Gasteiger partial charge is 0.381 e. The number of nitrogens with zero attached hydrogens (tertiary/aromatic N) is 3. The summed E-state index contributed by atoms with van der Waals surface area (Å²) in [5.74, 6) is 0. The topological polar surface area (TPSA) is 39.9 Å². The Kier molecular flexibility index (Phi) is 2.14. The van der Waals surface area contributed by atoms with E-state index in [1.54, 1.807) is 6.20 Å². The Morgan fingerprint density at radius 2 is 2.20 bits per heavy atom. The Hall–Kier alpha value is -1.42. The SMILES string of the molecule is c1cnc2cnn(C3CCOCC3)c2c1. The van der Waals surface area contributed by atoms with Crippen LogP contribution in [0.4, 0.5) is 0 Å². The minimum atomic E-state index is 0.473. The van der Waals surface area contributed by atoms with Crippen LogP contribution in [0.25, 0.3) is 11.0 Å². The molecule has 1 fully saturated rings. The summed E-state index contributed by atoms with van der Waals surface area (Å²) in [6.07, 6.45) is 5.74. The number of fused-ring (bicyclic) bond motifs is 1. The fourth-order valence-electron chi connectivity index (χ4n) is 2.10. The van der Waals surface area contributed by atoms with Crippen molar-refractivity contribution in [3.8, 4) is 0 Å². The zero-order chi connectivity index (χ0) is 10.1. The van der Waals surface area contributed by atoms with Gasteiger partial charge in [0.05, 0.1) is 17.8 Å². The van der Waals surface area contributed by atoms with Crippen LogP contribution in [0, 0.1) is 0 Å². The molecule has 3 heterocycles. The zero-order valence-corrected chi connectivity index (χ0v) is 8.47. The summed E-state index contributed by atoms with van der Waals surface area (Å²) in [5.41, 5.74) is 2.10. The van der Waals surface area contributed by atoms with E-state index in [0.717, 1.165) is 37.1 Å². The lowest BCUT2D eigenvalue weighted by Crippen LogP contribution is -2.20. The van der Waals surface area contributed by atoms with Crippen molar-refractivity contribution in [2.75, 3.05) is 13.2 Å². The number of pyridine rings is 1. The predicted molar refractivity (Wildman–Crippen MR) is 56.6 cm³/mol. The minimum Gasteiger partial charge on any atom is -0.381 e. The number of ether oxygens (including phenoxy) is 1. The van der Waals surface area contributed by atoms with Gasteiger partial charge in [-0.05, 0) is 25.0 Å². The van der Waals surface area contributed by atoms with Gasteiger partial charge < -0.3 is 4.74 Å². The van der Waals surface area contributed by atoms with Crippen LogP contribution in [0.15, 0.2) is 24.5 Å². The molecule has 1 aliphatic rings. The van der Waals surface area contributed by atoms with Gasteiger partial charge in [-0.1, -0.05) is 0 Å². The molecule has 0 N–H and O–H groups in total. The van der Waals surface area contributed by atoms with Crippen LogP contribution in [-0.2, 0) is 4.74 Å². The maximum absolute atomic E-state index is 5.35. The summed E-state index contributed by atoms with van der Waals surface area (Å²) in [6, 6.07) is 4.51. The van der Waals surface area contributed by atoms with Crippen LogP contribution in [0.3, 0.4) is 0 Å². The molecule has 0 bridgehead atoms. The maximum Gasteiger partial charge on any atom is 0.108 e. The van der Waals surface area contributed by atoms with Crippen molar-refractivity contribution in [3.63, 3.8) is 0 Å². The van der Waals surface area contributed by atoms with Crippen molar-refractivity contribution in [1.82, 2.24) is 14.8 Å². The molecular weight excluding hydrogens is 190 g/mol. The lowest BCUT2D eigenvalue weighted by atomic mass is 10.1. The first-order chi connectivity index (χ1) is 7.45. The summed E-state index contributed by atoms with van der Waals surface area (Å²) < 4.78 is 7.44. The smallest absolute Gasteiger partial charge is 0.108 e. The highest BCUT2D eigenvalue weighted by atomic mass is 16.5. The lowest BCUT2D eigenvalue weighted by molar-refractivity contribution is 0.0675. The van der Waals surface area contributed by atoms with Crippen LogP contribution in [-0.4, -0.2) is 28.0 Å². The summed E-state index contributed by atoms with van der Waals surface area (Å²) in [4.78, 5) is 4.28. The first-order valence-electron chi connectivity index (χ1n) is 5.31. The predicted octanol–water partition coefficient (Wildman–Crippen LogP) is 1.78. The van der Waals surface area contributed by atoms with Gasteiger partial charge in [0.1, 0.15) is 5.52 Å². The Balaban J connectivity index is 2.02. The quantitative estimate of drug-likeness (QED) is 0.709. The molecule has 0 radical (unpaired) electrons. The van der Waals surface area contributed by atoms with Gasteiger partial charge in [-0.3, -0.25) is 9.67 Å². The van der Waals surface area contributed by atoms with Crippen molar-refractivity contribution < 1.29 is 4.74 Å². The molecule has 0 spiro atoms. The number of rotatable bonds is 1. The standard InChI is InChI=1S/C11H13N3O/c1-2-11-10(12-5-1)8-13-14(11)9-3-6-15-7-4-9/h1-2,5,8-9H,3-4,6-7H2. The van der Waals surface area contributed by atoms with Crippen LogP contribution >= 0.6 is 0 Å². The van der Waals surface area contributed by atoms with E-state index in [1.807, 2.05) is 12.3 Å². The van der Waals surface area contributed by atoms with E-state index in [2.05, 4.69) is 20.8 Å². The third-order valence-electron chi connectivity index (χ3n) is 2.90. The van der Waals surface area contributed by atoms with Gasteiger partial charge in [-0.15, -0.1) is 0 Å². The Morgan fingerprint density at radius 3 is 3.07 bits per heavy atom. The molecule has 2 aromatic heterocycles. The molecule has 0 saturated carbocycles. The van der Waals surface area contributed by atoms with Crippen molar-refractivity contribution in [2.45, 2.75) is 18.9 Å².